The number of urea groups is 1. The lowest BCUT2D eigenvalue weighted by atomic mass is 10.1. The van der Waals surface area contributed by atoms with Crippen LogP contribution in [0.2, 0.25) is 0 Å². The molecule has 0 aliphatic carbocycles. The number of piperidine rings is 1. The van der Waals surface area contributed by atoms with Crippen LogP contribution >= 0.6 is 0 Å². The van der Waals surface area contributed by atoms with Gasteiger partial charge in [-0.2, -0.15) is 0 Å². The molecule has 0 saturated carbocycles. The minimum Gasteiger partial charge on any atom is -0.480 e. The number of amides is 2. The van der Waals surface area contributed by atoms with Crippen LogP contribution < -0.4 is 14.8 Å². The van der Waals surface area contributed by atoms with Crippen molar-refractivity contribution in [2.75, 3.05) is 25.5 Å². The van der Waals surface area contributed by atoms with E-state index >= 15 is 0 Å². The number of hydrogen-bond acceptors (Lipinski definition) is 5. The molecular weight excluding hydrogens is 327 g/mol. The number of carbonyl (C=O) groups excluding carboxylic acids is 1. The van der Waals surface area contributed by atoms with Crippen LogP contribution in [-0.4, -0.2) is 47.4 Å². The molecule has 25 heavy (non-hydrogen) atoms. The lowest BCUT2D eigenvalue weighted by Gasteiger charge is -2.32. The summed E-state index contributed by atoms with van der Waals surface area (Å²) >= 11 is 0. The van der Waals surface area contributed by atoms with Crippen molar-refractivity contribution >= 4 is 11.7 Å². The van der Waals surface area contributed by atoms with Crippen molar-refractivity contribution in [2.24, 2.45) is 0 Å². The molecule has 1 aromatic heterocycles. The largest absolute Gasteiger partial charge is 0.480 e. The number of halogens is 1. The number of benzene rings is 1. The molecular formula is C17H19FN4O3. The first-order valence-corrected chi connectivity index (χ1v) is 8.00. The predicted molar refractivity (Wildman–Crippen MR) is 89.2 cm³/mol. The van der Waals surface area contributed by atoms with Gasteiger partial charge in [-0.3, -0.25) is 0 Å². The number of rotatable bonds is 4. The van der Waals surface area contributed by atoms with Crippen LogP contribution in [0, 0.1) is 5.82 Å². The van der Waals surface area contributed by atoms with Crippen LogP contribution in [0.1, 0.15) is 12.8 Å². The molecule has 1 aliphatic rings. The van der Waals surface area contributed by atoms with Gasteiger partial charge in [0.1, 0.15) is 11.9 Å². The maximum Gasteiger partial charge on any atom is 0.321 e. The fraction of sp³-hybridized carbons (Fsp3) is 0.353. The molecule has 1 unspecified atom stereocenters. The molecule has 1 N–H and O–H groups in total. The summed E-state index contributed by atoms with van der Waals surface area (Å²) in [6.07, 6.45) is 1.49. The van der Waals surface area contributed by atoms with Gasteiger partial charge in [-0.15, -0.1) is 10.2 Å². The topological polar surface area (TPSA) is 76.6 Å². The average Bonchev–Trinajstić information content (AvgIpc) is 2.64. The Balaban J connectivity index is 1.56. The summed E-state index contributed by atoms with van der Waals surface area (Å²) in [5.74, 6) is 0.466. The third-order valence-electron chi connectivity index (χ3n) is 3.87. The Kier molecular flexibility index (Phi) is 5.27. The first-order valence-electron chi connectivity index (χ1n) is 8.00. The Morgan fingerprint density at radius 3 is 2.60 bits per heavy atom. The molecule has 7 nitrogen and oxygen atoms in total. The van der Waals surface area contributed by atoms with E-state index in [0.29, 0.717) is 30.5 Å². The van der Waals surface area contributed by atoms with Crippen LogP contribution in [0.15, 0.2) is 36.4 Å². The summed E-state index contributed by atoms with van der Waals surface area (Å²) < 4.78 is 23.7. The molecule has 0 bridgehead atoms. The summed E-state index contributed by atoms with van der Waals surface area (Å²) in [4.78, 5) is 14.0. The molecule has 132 valence electrons. The van der Waals surface area contributed by atoms with Crippen molar-refractivity contribution in [2.45, 2.75) is 18.9 Å². The highest BCUT2D eigenvalue weighted by Crippen LogP contribution is 2.18. The zero-order chi connectivity index (χ0) is 17.6. The average molecular weight is 346 g/mol. The quantitative estimate of drug-likeness (QED) is 0.921. The SMILES string of the molecule is COc1ccc(OC2CCCN(C(=O)Nc3ccc(F)cc3)C2)nn1. The van der Waals surface area contributed by atoms with Gasteiger partial charge in [0.2, 0.25) is 11.8 Å². The highest BCUT2D eigenvalue weighted by molar-refractivity contribution is 5.89. The van der Waals surface area contributed by atoms with E-state index in [-0.39, 0.29) is 18.0 Å². The predicted octanol–water partition coefficient (Wildman–Crippen LogP) is 2.70. The Labute approximate surface area is 144 Å². The van der Waals surface area contributed by atoms with E-state index in [9.17, 15) is 9.18 Å². The first-order chi connectivity index (χ1) is 12.1. The minimum absolute atomic E-state index is 0.157. The lowest BCUT2D eigenvalue weighted by Crippen LogP contribution is -2.46. The Hall–Kier alpha value is -2.90. The van der Waals surface area contributed by atoms with Crippen molar-refractivity contribution in [1.29, 1.82) is 0 Å². The number of aromatic nitrogens is 2. The van der Waals surface area contributed by atoms with Gasteiger partial charge in [0.25, 0.3) is 0 Å². The summed E-state index contributed by atoms with van der Waals surface area (Å²) in [5, 5.41) is 10.6. The van der Waals surface area contributed by atoms with E-state index in [1.165, 1.54) is 31.4 Å². The molecule has 0 spiro atoms. The first kappa shape index (κ1) is 16.9. The van der Waals surface area contributed by atoms with Crippen molar-refractivity contribution in [3.05, 3.63) is 42.2 Å². The van der Waals surface area contributed by atoms with Crippen LogP contribution in [-0.2, 0) is 0 Å². The second-order valence-electron chi connectivity index (χ2n) is 5.68. The van der Waals surface area contributed by atoms with Crippen LogP contribution in [0.25, 0.3) is 0 Å². The fourth-order valence-corrected chi connectivity index (χ4v) is 2.60. The number of likely N-dealkylation sites (tertiary alicyclic amines) is 1. The van der Waals surface area contributed by atoms with Crippen LogP contribution in [0.4, 0.5) is 14.9 Å². The van der Waals surface area contributed by atoms with Gasteiger partial charge < -0.3 is 19.7 Å². The Morgan fingerprint density at radius 1 is 1.20 bits per heavy atom. The van der Waals surface area contributed by atoms with Gasteiger partial charge in [0, 0.05) is 24.4 Å². The van der Waals surface area contributed by atoms with Gasteiger partial charge in [0.15, 0.2) is 0 Å². The second kappa shape index (κ2) is 7.78. The molecule has 1 saturated heterocycles. The van der Waals surface area contributed by atoms with Gasteiger partial charge in [0.05, 0.1) is 13.7 Å². The summed E-state index contributed by atoms with van der Waals surface area (Å²) in [7, 11) is 1.52. The van der Waals surface area contributed by atoms with Crippen molar-refractivity contribution in [3.8, 4) is 11.8 Å². The minimum atomic E-state index is -0.343. The van der Waals surface area contributed by atoms with E-state index in [1.807, 2.05) is 0 Å². The standard InChI is InChI=1S/C17H19FN4O3/c1-24-15-8-9-16(21-20-15)25-14-3-2-10-22(11-14)17(23)19-13-6-4-12(18)5-7-13/h4-9,14H,2-3,10-11H2,1H3,(H,19,23). The molecule has 1 atom stereocenters. The second-order valence-corrected chi connectivity index (χ2v) is 5.68. The monoisotopic (exact) mass is 346 g/mol. The third-order valence-corrected chi connectivity index (χ3v) is 3.87. The third kappa shape index (κ3) is 4.56. The molecule has 2 heterocycles. The molecule has 8 heteroatoms. The molecule has 1 aliphatic heterocycles. The highest BCUT2D eigenvalue weighted by Gasteiger charge is 2.25. The number of nitrogens with one attached hydrogen (secondary N) is 1. The van der Waals surface area contributed by atoms with Gasteiger partial charge in [-0.1, -0.05) is 0 Å². The molecule has 1 fully saturated rings. The molecule has 2 aromatic rings. The summed E-state index contributed by atoms with van der Waals surface area (Å²) in [5.41, 5.74) is 0.551. The van der Waals surface area contributed by atoms with E-state index in [4.69, 9.17) is 9.47 Å². The van der Waals surface area contributed by atoms with E-state index in [0.717, 1.165) is 12.8 Å². The van der Waals surface area contributed by atoms with E-state index in [2.05, 4.69) is 15.5 Å². The highest BCUT2D eigenvalue weighted by atomic mass is 19.1. The number of ether oxygens (including phenoxy) is 2. The van der Waals surface area contributed by atoms with Gasteiger partial charge in [-0.25, -0.2) is 9.18 Å². The number of methoxy groups -OCH3 is 1. The van der Waals surface area contributed by atoms with Crippen molar-refractivity contribution < 1.29 is 18.7 Å². The summed E-state index contributed by atoms with van der Waals surface area (Å²) in [6, 6.07) is 8.78. The van der Waals surface area contributed by atoms with E-state index < -0.39 is 0 Å². The zero-order valence-corrected chi connectivity index (χ0v) is 13.8. The van der Waals surface area contributed by atoms with Crippen LogP contribution in [0.3, 0.4) is 0 Å². The Morgan fingerprint density at radius 2 is 1.92 bits per heavy atom. The van der Waals surface area contributed by atoms with Gasteiger partial charge >= 0.3 is 6.03 Å². The molecule has 1 aromatic carbocycles. The number of hydrogen-bond donors (Lipinski definition) is 1. The van der Waals surface area contributed by atoms with Crippen LogP contribution in [0.5, 0.6) is 11.8 Å². The maximum absolute atomic E-state index is 12.9. The Bertz CT molecular complexity index is 709. The van der Waals surface area contributed by atoms with Gasteiger partial charge in [-0.05, 0) is 37.1 Å². The fourth-order valence-electron chi connectivity index (χ4n) is 2.60. The molecule has 3 rings (SSSR count). The lowest BCUT2D eigenvalue weighted by molar-refractivity contribution is 0.101. The number of carbonyl (C=O) groups is 1. The number of nitrogens with zero attached hydrogens (tertiary/aromatic N) is 3. The van der Waals surface area contributed by atoms with Crippen molar-refractivity contribution in [3.63, 3.8) is 0 Å². The van der Waals surface area contributed by atoms with Crippen molar-refractivity contribution in [1.82, 2.24) is 15.1 Å². The van der Waals surface area contributed by atoms with E-state index in [1.54, 1.807) is 17.0 Å². The number of anilines is 1. The maximum atomic E-state index is 12.9. The molecule has 0 radical (unpaired) electrons. The zero-order valence-electron chi connectivity index (χ0n) is 13.8. The summed E-state index contributed by atoms with van der Waals surface area (Å²) in [6.45, 7) is 1.09. The normalized spacial score (nSPS) is 17.0. The smallest absolute Gasteiger partial charge is 0.321 e. The molecule has 2 amide bonds.